The van der Waals surface area contributed by atoms with E-state index in [1.807, 2.05) is 0 Å². The third-order valence-corrected chi connectivity index (χ3v) is 2.96. The van der Waals surface area contributed by atoms with Gasteiger partial charge in [-0.25, -0.2) is 8.78 Å². The van der Waals surface area contributed by atoms with Gasteiger partial charge in [0.05, 0.1) is 17.1 Å². The summed E-state index contributed by atoms with van der Waals surface area (Å²) in [6.07, 6.45) is 0. The van der Waals surface area contributed by atoms with Crippen molar-refractivity contribution in [2.45, 2.75) is 6.61 Å². The highest BCUT2D eigenvalue weighted by atomic mass is 35.5. The molecule has 5 heteroatoms. The van der Waals surface area contributed by atoms with Crippen molar-refractivity contribution in [3.63, 3.8) is 0 Å². The van der Waals surface area contributed by atoms with Crippen molar-refractivity contribution in [3.8, 4) is 17.6 Å². The van der Waals surface area contributed by atoms with Crippen LogP contribution in [0.3, 0.4) is 0 Å². The normalized spacial score (nSPS) is 9.90. The van der Waals surface area contributed by atoms with E-state index in [9.17, 15) is 8.78 Å². The highest BCUT2D eigenvalue weighted by molar-refractivity contribution is 6.32. The van der Waals surface area contributed by atoms with Crippen LogP contribution in [0, 0.1) is 23.5 Å². The summed E-state index contributed by atoms with van der Waals surface area (Å²) in [5.74, 6) is 4.19. The number of ether oxygens (including phenoxy) is 1. The maximum Gasteiger partial charge on any atom is 0.174 e. The van der Waals surface area contributed by atoms with Gasteiger partial charge in [0, 0.05) is 0 Å². The van der Waals surface area contributed by atoms with Crippen LogP contribution in [0.4, 0.5) is 8.78 Å². The summed E-state index contributed by atoms with van der Waals surface area (Å²) in [6.45, 7) is 0.198. The molecule has 108 valence electrons. The number of benzene rings is 2. The molecule has 2 nitrogen and oxygen atoms in total. The molecule has 0 atom stereocenters. The van der Waals surface area contributed by atoms with Crippen molar-refractivity contribution >= 4 is 11.6 Å². The monoisotopic (exact) mass is 307 g/mol. The Hall–Kier alpha value is -2.09. The second kappa shape index (κ2) is 7.07. The van der Waals surface area contributed by atoms with E-state index >= 15 is 0 Å². The van der Waals surface area contributed by atoms with Crippen LogP contribution in [0.5, 0.6) is 5.75 Å². The lowest BCUT2D eigenvalue weighted by Crippen LogP contribution is -1.99. The molecule has 0 aliphatic rings. The zero-order valence-electron chi connectivity index (χ0n) is 11.0. The van der Waals surface area contributed by atoms with E-state index in [1.54, 1.807) is 0 Å². The molecule has 21 heavy (non-hydrogen) atoms. The average Bonchev–Trinajstić information content (AvgIpc) is 2.47. The van der Waals surface area contributed by atoms with Gasteiger partial charge in [0.25, 0.3) is 0 Å². The second-order valence-electron chi connectivity index (χ2n) is 4.16. The second-order valence-corrected chi connectivity index (χ2v) is 4.57. The van der Waals surface area contributed by atoms with Crippen molar-refractivity contribution in [1.29, 1.82) is 0 Å². The molecule has 0 amide bonds. The van der Waals surface area contributed by atoms with E-state index in [0.29, 0.717) is 5.56 Å². The molecular formula is C16H12ClF2NO. The number of rotatable bonds is 3. The van der Waals surface area contributed by atoms with E-state index in [4.69, 9.17) is 22.1 Å². The van der Waals surface area contributed by atoms with E-state index in [2.05, 4.69) is 11.8 Å². The molecule has 2 rings (SSSR count). The van der Waals surface area contributed by atoms with E-state index in [0.717, 1.165) is 0 Å². The molecule has 0 saturated carbocycles. The van der Waals surface area contributed by atoms with Crippen molar-refractivity contribution < 1.29 is 13.5 Å². The predicted molar refractivity (Wildman–Crippen MR) is 78.1 cm³/mol. The molecule has 0 bridgehead atoms. The van der Waals surface area contributed by atoms with Gasteiger partial charge in [-0.3, -0.25) is 0 Å². The average molecular weight is 308 g/mol. The first-order valence-electron chi connectivity index (χ1n) is 6.16. The van der Waals surface area contributed by atoms with Crippen LogP contribution >= 0.6 is 11.6 Å². The van der Waals surface area contributed by atoms with Crippen LogP contribution in [-0.4, -0.2) is 6.54 Å². The number of halogens is 3. The molecule has 0 unspecified atom stereocenters. The first kappa shape index (κ1) is 15.3. The zero-order valence-corrected chi connectivity index (χ0v) is 11.8. The number of hydrogen-bond donors (Lipinski definition) is 1. The molecule has 2 aromatic rings. The number of hydrogen-bond acceptors (Lipinski definition) is 2. The number of para-hydroxylation sites is 1. The van der Waals surface area contributed by atoms with Gasteiger partial charge in [-0.2, -0.15) is 0 Å². The van der Waals surface area contributed by atoms with Crippen molar-refractivity contribution in [1.82, 2.24) is 0 Å². The highest BCUT2D eigenvalue weighted by Gasteiger charge is 2.09. The van der Waals surface area contributed by atoms with E-state index in [-0.39, 0.29) is 29.5 Å². The van der Waals surface area contributed by atoms with Gasteiger partial charge >= 0.3 is 0 Å². The minimum absolute atomic E-state index is 0.0296. The Labute approximate surface area is 126 Å². The summed E-state index contributed by atoms with van der Waals surface area (Å²) in [5, 5.41) is 0.181. The molecule has 0 heterocycles. The Morgan fingerprint density at radius 2 is 1.95 bits per heavy atom. The van der Waals surface area contributed by atoms with Crippen LogP contribution in [-0.2, 0) is 6.61 Å². The predicted octanol–water partition coefficient (Wildman–Crippen LogP) is 3.51. The Morgan fingerprint density at radius 1 is 1.14 bits per heavy atom. The molecule has 0 aromatic heterocycles. The molecular weight excluding hydrogens is 296 g/mol. The summed E-state index contributed by atoms with van der Waals surface area (Å²) in [7, 11) is 0. The molecule has 0 aliphatic carbocycles. The summed E-state index contributed by atoms with van der Waals surface area (Å²) in [6, 6.07) is 8.63. The van der Waals surface area contributed by atoms with Gasteiger partial charge in [0.1, 0.15) is 12.4 Å². The fraction of sp³-hybridized carbons (Fsp3) is 0.125. The lowest BCUT2D eigenvalue weighted by molar-refractivity contribution is 0.290. The van der Waals surface area contributed by atoms with Crippen LogP contribution in [0.1, 0.15) is 11.1 Å². The van der Waals surface area contributed by atoms with Gasteiger partial charge in [0.15, 0.2) is 11.6 Å². The Balaban J connectivity index is 2.17. The first-order valence-corrected chi connectivity index (χ1v) is 6.54. The molecule has 0 saturated heterocycles. The summed E-state index contributed by atoms with van der Waals surface area (Å²) in [4.78, 5) is 0. The maximum atomic E-state index is 13.6. The summed E-state index contributed by atoms with van der Waals surface area (Å²) >= 11 is 5.86. The lowest BCUT2D eigenvalue weighted by atomic mass is 10.1. The van der Waals surface area contributed by atoms with Gasteiger partial charge in [-0.05, 0) is 29.8 Å². The topological polar surface area (TPSA) is 35.2 Å². The summed E-state index contributed by atoms with van der Waals surface area (Å²) < 4.78 is 32.4. The standard InChI is InChI=1S/C16H12ClF2NO/c17-13-4-1-5-15(19)16(13)21-10-11-6-7-14(18)12(9-11)3-2-8-20/h1,4-7,9H,8,10,20H2. The molecule has 0 radical (unpaired) electrons. The maximum absolute atomic E-state index is 13.6. The molecule has 0 spiro atoms. The van der Waals surface area contributed by atoms with E-state index in [1.165, 1.54) is 36.4 Å². The van der Waals surface area contributed by atoms with Gasteiger partial charge in [0.2, 0.25) is 0 Å². The number of nitrogens with two attached hydrogens (primary N) is 1. The molecule has 2 N–H and O–H groups in total. The molecule has 0 aliphatic heterocycles. The van der Waals surface area contributed by atoms with Crippen molar-refractivity contribution in [3.05, 3.63) is 64.2 Å². The van der Waals surface area contributed by atoms with Gasteiger partial charge in [-0.1, -0.05) is 35.6 Å². The largest absolute Gasteiger partial charge is 0.484 e. The van der Waals surface area contributed by atoms with Gasteiger partial charge in [-0.15, -0.1) is 0 Å². The molecule has 2 aromatic carbocycles. The van der Waals surface area contributed by atoms with E-state index < -0.39 is 11.6 Å². The van der Waals surface area contributed by atoms with Crippen LogP contribution < -0.4 is 10.5 Å². The highest BCUT2D eigenvalue weighted by Crippen LogP contribution is 2.28. The first-order chi connectivity index (χ1) is 10.1. The SMILES string of the molecule is NCC#Cc1cc(COc2c(F)cccc2Cl)ccc1F. The third-order valence-electron chi connectivity index (χ3n) is 2.66. The summed E-state index contributed by atoms with van der Waals surface area (Å²) in [5.41, 5.74) is 6.13. The fourth-order valence-corrected chi connectivity index (χ4v) is 1.90. The lowest BCUT2D eigenvalue weighted by Gasteiger charge is -2.09. The molecule has 0 fully saturated rings. The van der Waals surface area contributed by atoms with Gasteiger partial charge < -0.3 is 10.5 Å². The Morgan fingerprint density at radius 3 is 2.67 bits per heavy atom. The van der Waals surface area contributed by atoms with Crippen LogP contribution in [0.25, 0.3) is 0 Å². The van der Waals surface area contributed by atoms with Crippen molar-refractivity contribution in [2.24, 2.45) is 5.73 Å². The minimum atomic E-state index is -0.548. The minimum Gasteiger partial charge on any atom is -0.484 e. The Kier molecular flexibility index (Phi) is 5.15. The zero-order chi connectivity index (χ0) is 15.2. The fourth-order valence-electron chi connectivity index (χ4n) is 1.68. The van der Waals surface area contributed by atoms with Crippen molar-refractivity contribution in [2.75, 3.05) is 6.54 Å². The Bertz CT molecular complexity index is 687. The third kappa shape index (κ3) is 3.94. The smallest absolute Gasteiger partial charge is 0.174 e. The quantitative estimate of drug-likeness (QED) is 0.881. The van der Waals surface area contributed by atoms with Crippen LogP contribution in [0.15, 0.2) is 36.4 Å². The van der Waals surface area contributed by atoms with Crippen LogP contribution in [0.2, 0.25) is 5.02 Å².